The van der Waals surface area contributed by atoms with Gasteiger partial charge < -0.3 is 15.2 Å². The fourth-order valence-corrected chi connectivity index (χ4v) is 2.68. The van der Waals surface area contributed by atoms with Crippen LogP contribution in [0.15, 0.2) is 22.7 Å². The molecular formula is C14H21BrN2O2. The number of hydrogen-bond donors (Lipinski definition) is 2. The van der Waals surface area contributed by atoms with Crippen LogP contribution in [-0.2, 0) is 0 Å². The summed E-state index contributed by atoms with van der Waals surface area (Å²) in [7, 11) is 0. The second kappa shape index (κ2) is 7.24. The van der Waals surface area contributed by atoms with Crippen molar-refractivity contribution in [3.63, 3.8) is 0 Å². The number of aliphatic hydroxyl groups excluding tert-OH is 1. The van der Waals surface area contributed by atoms with Gasteiger partial charge in [-0.05, 0) is 30.7 Å². The average molecular weight is 329 g/mol. The van der Waals surface area contributed by atoms with Crippen LogP contribution in [0.4, 0.5) is 0 Å². The smallest absolute Gasteiger partial charge is 0.122 e. The first-order valence-electron chi connectivity index (χ1n) is 6.65. The first-order chi connectivity index (χ1) is 9.15. The number of hydrogen-bond acceptors (Lipinski definition) is 4. The highest BCUT2D eigenvalue weighted by Crippen LogP contribution is 2.22. The van der Waals surface area contributed by atoms with Crippen LogP contribution in [0.3, 0.4) is 0 Å². The summed E-state index contributed by atoms with van der Waals surface area (Å²) in [6, 6.07) is 5.89. The molecule has 1 aromatic rings. The van der Waals surface area contributed by atoms with Gasteiger partial charge in [-0.1, -0.05) is 15.9 Å². The highest BCUT2D eigenvalue weighted by molar-refractivity contribution is 9.10. The highest BCUT2D eigenvalue weighted by atomic mass is 79.9. The lowest BCUT2D eigenvalue weighted by atomic mass is 10.2. The molecule has 106 valence electrons. The Morgan fingerprint density at radius 3 is 2.84 bits per heavy atom. The van der Waals surface area contributed by atoms with Gasteiger partial charge in [0.1, 0.15) is 18.5 Å². The monoisotopic (exact) mass is 328 g/mol. The van der Waals surface area contributed by atoms with E-state index >= 15 is 0 Å². The van der Waals surface area contributed by atoms with Gasteiger partial charge in [0.15, 0.2) is 0 Å². The Hall–Kier alpha value is -0.620. The van der Waals surface area contributed by atoms with Crippen molar-refractivity contribution in [2.75, 3.05) is 39.3 Å². The number of aryl methyl sites for hydroxylation is 1. The molecule has 1 aliphatic rings. The third kappa shape index (κ3) is 4.76. The quantitative estimate of drug-likeness (QED) is 0.857. The number of nitrogens with one attached hydrogen (secondary N) is 1. The molecule has 19 heavy (non-hydrogen) atoms. The number of halogens is 1. The molecule has 1 aliphatic heterocycles. The summed E-state index contributed by atoms with van der Waals surface area (Å²) < 4.78 is 6.72. The van der Waals surface area contributed by atoms with Crippen LogP contribution in [0.25, 0.3) is 0 Å². The summed E-state index contributed by atoms with van der Waals surface area (Å²) in [6.45, 7) is 7.01. The lowest BCUT2D eigenvalue weighted by molar-refractivity contribution is 0.0639. The summed E-state index contributed by atoms with van der Waals surface area (Å²) in [5, 5.41) is 13.3. The van der Waals surface area contributed by atoms with E-state index in [2.05, 4.69) is 26.1 Å². The predicted octanol–water partition coefficient (Wildman–Crippen LogP) is 1.40. The zero-order chi connectivity index (χ0) is 13.7. The summed E-state index contributed by atoms with van der Waals surface area (Å²) in [6.07, 6.45) is -0.443. The molecule has 1 fully saturated rings. The molecule has 1 heterocycles. The molecule has 0 aromatic heterocycles. The van der Waals surface area contributed by atoms with E-state index < -0.39 is 6.10 Å². The third-order valence-electron chi connectivity index (χ3n) is 3.25. The van der Waals surface area contributed by atoms with E-state index in [4.69, 9.17) is 4.74 Å². The number of aliphatic hydroxyl groups is 1. The summed E-state index contributed by atoms with van der Waals surface area (Å²) in [5.41, 5.74) is 1.07. The van der Waals surface area contributed by atoms with E-state index in [0.29, 0.717) is 13.2 Å². The van der Waals surface area contributed by atoms with Crippen LogP contribution in [-0.4, -0.2) is 55.4 Å². The molecule has 2 N–H and O–H groups in total. The summed E-state index contributed by atoms with van der Waals surface area (Å²) >= 11 is 3.42. The second-order valence-corrected chi connectivity index (χ2v) is 5.84. The van der Waals surface area contributed by atoms with Crippen LogP contribution in [0.5, 0.6) is 5.75 Å². The number of β-amino-alcohol motifs (C(OH)–C–C–N with tert-alkyl or cyclic N) is 1. The molecule has 0 saturated carbocycles. The maximum Gasteiger partial charge on any atom is 0.122 e. The minimum absolute atomic E-state index is 0.340. The van der Waals surface area contributed by atoms with Gasteiger partial charge >= 0.3 is 0 Å². The Labute approximate surface area is 122 Å². The first-order valence-corrected chi connectivity index (χ1v) is 7.44. The van der Waals surface area contributed by atoms with Gasteiger partial charge in [-0.3, -0.25) is 4.90 Å². The summed E-state index contributed by atoms with van der Waals surface area (Å²) in [5.74, 6) is 0.836. The van der Waals surface area contributed by atoms with Crippen molar-refractivity contribution >= 4 is 15.9 Å². The molecule has 1 aromatic carbocycles. The molecule has 0 radical (unpaired) electrons. The fraction of sp³-hybridized carbons (Fsp3) is 0.571. The van der Waals surface area contributed by atoms with Crippen LogP contribution < -0.4 is 10.1 Å². The molecule has 0 aliphatic carbocycles. The van der Waals surface area contributed by atoms with Crippen molar-refractivity contribution in [1.82, 2.24) is 10.2 Å². The van der Waals surface area contributed by atoms with Gasteiger partial charge in [0.25, 0.3) is 0 Å². The van der Waals surface area contributed by atoms with Gasteiger partial charge in [-0.2, -0.15) is 0 Å². The Bertz CT molecular complexity index is 408. The molecule has 0 spiro atoms. The number of piperazine rings is 1. The maximum absolute atomic E-state index is 10.0. The maximum atomic E-state index is 10.0. The zero-order valence-electron chi connectivity index (χ0n) is 11.2. The normalized spacial score (nSPS) is 18.3. The number of ether oxygens (including phenoxy) is 1. The highest BCUT2D eigenvalue weighted by Gasteiger charge is 2.15. The van der Waals surface area contributed by atoms with Crippen molar-refractivity contribution < 1.29 is 9.84 Å². The van der Waals surface area contributed by atoms with Gasteiger partial charge in [0.05, 0.1) is 0 Å². The molecule has 1 saturated heterocycles. The Morgan fingerprint density at radius 1 is 1.42 bits per heavy atom. The number of rotatable bonds is 5. The summed E-state index contributed by atoms with van der Waals surface area (Å²) in [4.78, 5) is 2.26. The minimum atomic E-state index is -0.443. The average Bonchev–Trinajstić information content (AvgIpc) is 2.39. The predicted molar refractivity (Wildman–Crippen MR) is 79.7 cm³/mol. The van der Waals surface area contributed by atoms with Crippen molar-refractivity contribution in [2.24, 2.45) is 0 Å². The van der Waals surface area contributed by atoms with E-state index in [0.717, 1.165) is 42.0 Å². The van der Waals surface area contributed by atoms with E-state index in [1.54, 1.807) is 0 Å². The van der Waals surface area contributed by atoms with Crippen molar-refractivity contribution in [3.05, 3.63) is 28.2 Å². The topological polar surface area (TPSA) is 44.7 Å². The molecular weight excluding hydrogens is 308 g/mol. The van der Waals surface area contributed by atoms with Gasteiger partial charge in [0.2, 0.25) is 0 Å². The zero-order valence-corrected chi connectivity index (χ0v) is 12.8. The molecule has 0 bridgehead atoms. The van der Waals surface area contributed by atoms with Crippen LogP contribution >= 0.6 is 15.9 Å². The van der Waals surface area contributed by atoms with Crippen molar-refractivity contribution in [1.29, 1.82) is 0 Å². The number of nitrogens with zero attached hydrogens (tertiary/aromatic N) is 1. The van der Waals surface area contributed by atoms with Crippen LogP contribution in [0, 0.1) is 6.92 Å². The second-order valence-electron chi connectivity index (χ2n) is 4.93. The number of benzene rings is 1. The first kappa shape index (κ1) is 14.8. The van der Waals surface area contributed by atoms with E-state index in [9.17, 15) is 5.11 Å². The van der Waals surface area contributed by atoms with Gasteiger partial charge in [-0.25, -0.2) is 0 Å². The Balaban J connectivity index is 1.77. The lowest BCUT2D eigenvalue weighted by Gasteiger charge is -2.29. The van der Waals surface area contributed by atoms with Crippen molar-refractivity contribution in [3.8, 4) is 5.75 Å². The molecule has 2 rings (SSSR count). The van der Waals surface area contributed by atoms with Gasteiger partial charge in [0, 0.05) is 37.2 Å². The standard InChI is InChI=1S/C14H21BrN2O2/c1-11-8-12(15)2-3-14(11)19-10-13(18)9-17-6-4-16-5-7-17/h2-3,8,13,16,18H,4-7,9-10H2,1H3. The van der Waals surface area contributed by atoms with Crippen molar-refractivity contribution in [2.45, 2.75) is 13.0 Å². The minimum Gasteiger partial charge on any atom is -0.491 e. The molecule has 1 atom stereocenters. The van der Waals surface area contributed by atoms with E-state index in [-0.39, 0.29) is 0 Å². The lowest BCUT2D eigenvalue weighted by Crippen LogP contribution is -2.47. The van der Waals surface area contributed by atoms with Crippen LogP contribution in [0.2, 0.25) is 0 Å². The van der Waals surface area contributed by atoms with Gasteiger partial charge in [-0.15, -0.1) is 0 Å². The fourth-order valence-electron chi connectivity index (χ4n) is 2.21. The SMILES string of the molecule is Cc1cc(Br)ccc1OCC(O)CN1CCNCC1. The molecule has 5 heteroatoms. The third-order valence-corrected chi connectivity index (χ3v) is 3.74. The van der Waals surface area contributed by atoms with E-state index in [1.165, 1.54) is 0 Å². The Kier molecular flexibility index (Phi) is 5.63. The van der Waals surface area contributed by atoms with Crippen LogP contribution in [0.1, 0.15) is 5.56 Å². The molecule has 1 unspecified atom stereocenters. The Morgan fingerprint density at radius 2 is 2.16 bits per heavy atom. The van der Waals surface area contributed by atoms with E-state index in [1.807, 2.05) is 25.1 Å². The molecule has 4 nitrogen and oxygen atoms in total. The molecule has 0 amide bonds. The largest absolute Gasteiger partial charge is 0.491 e.